The van der Waals surface area contributed by atoms with E-state index in [2.05, 4.69) is 50.0 Å². The monoisotopic (exact) mass is 1920 g/mol. The molecule has 94 heavy (non-hydrogen) atoms. The third-order valence-electron chi connectivity index (χ3n) is 10.8. The summed E-state index contributed by atoms with van der Waals surface area (Å²) in [5, 5.41) is 3.38. The van der Waals surface area contributed by atoms with Gasteiger partial charge in [0, 0.05) is 20.3 Å². The molecule has 0 unspecified atom stereocenters. The zero-order chi connectivity index (χ0) is 66.7. The van der Waals surface area contributed by atoms with Crippen molar-refractivity contribution < 1.29 is 38.1 Å². The van der Waals surface area contributed by atoms with E-state index < -0.39 is 23.9 Å². The number of rotatable bonds is 28. The molecule has 10 heterocycles. The van der Waals surface area contributed by atoms with Gasteiger partial charge in [-0.25, -0.2) is 19.2 Å². The van der Waals surface area contributed by atoms with Crippen LogP contribution in [0.2, 0.25) is 0 Å². The van der Waals surface area contributed by atoms with Crippen molar-refractivity contribution in [1.29, 1.82) is 0 Å². The van der Waals surface area contributed by atoms with Crippen LogP contribution in [0.1, 0.15) is 0 Å². The first-order valence-electron chi connectivity index (χ1n) is 25.0. The maximum absolute atomic E-state index is 12.8. The van der Waals surface area contributed by atoms with E-state index in [0.29, 0.717) is 0 Å². The molecule has 44 heteroatoms. The Morgan fingerprint density at radius 2 is 0.330 bits per heavy atom. The number of methoxy groups -OCH3 is 4. The van der Waals surface area contributed by atoms with E-state index in [1.807, 2.05) is 306 Å². The van der Waals surface area contributed by atoms with Crippen LogP contribution in [0.25, 0.3) is 0 Å². The highest BCUT2D eigenvalue weighted by atomic mass is 32.3. The first kappa shape index (κ1) is 83.1. The summed E-state index contributed by atoms with van der Waals surface area (Å²) in [7, 11) is 5.30. The second kappa shape index (κ2) is 41.6. The van der Waals surface area contributed by atoms with Gasteiger partial charge in [0.15, 0.2) is 0 Å². The Hall–Kier alpha value is 6.58. The Morgan fingerprint density at radius 3 is 0.468 bits per heavy atom. The van der Waals surface area contributed by atoms with Crippen LogP contribution >= 0.6 is 423 Å². The molecule has 0 N–H and O–H groups in total. The smallest absolute Gasteiger partial charge is 0.346 e. The van der Waals surface area contributed by atoms with Gasteiger partial charge in [0.25, 0.3) is 0 Å². The molecule has 0 radical (unpaired) electrons. The zero-order valence-electron chi connectivity index (χ0n) is 49.8. The minimum Gasteiger partial charge on any atom is -0.465 e. The highest BCUT2D eigenvalue weighted by Gasteiger charge is 2.40. The van der Waals surface area contributed by atoms with Gasteiger partial charge in [-0.05, 0) is 50.0 Å². The third-order valence-corrected chi connectivity index (χ3v) is 62.0. The maximum Gasteiger partial charge on any atom is 0.346 e. The van der Waals surface area contributed by atoms with Gasteiger partial charge < -0.3 is 18.9 Å². The lowest BCUT2D eigenvalue weighted by molar-refractivity contribution is -0.138. The van der Waals surface area contributed by atoms with Crippen LogP contribution < -0.4 is 0 Å². The first-order valence-corrected chi connectivity index (χ1v) is 59.0. The van der Waals surface area contributed by atoms with Crippen LogP contribution in [0.4, 0.5) is 0 Å². The van der Waals surface area contributed by atoms with Crippen LogP contribution in [0.15, 0.2) is 130 Å². The van der Waals surface area contributed by atoms with E-state index >= 15 is 0 Å². The number of ether oxygens (including phenoxy) is 4. The van der Waals surface area contributed by atoms with Gasteiger partial charge >= 0.3 is 23.9 Å². The minimum atomic E-state index is -0.550. The van der Waals surface area contributed by atoms with Crippen LogP contribution in [-0.4, -0.2) is 123 Å². The fourth-order valence-corrected chi connectivity index (χ4v) is 58.8. The molecule has 10 aliphatic heterocycles. The van der Waals surface area contributed by atoms with Crippen molar-refractivity contribution in [2.45, 2.75) is 0 Å². The molecule has 0 atom stereocenters. The molecule has 0 bridgehead atoms. The number of carbonyl (C=O) groups excluding carboxylic acids is 4. The summed E-state index contributed by atoms with van der Waals surface area (Å²) in [6.45, 7) is 0. The second-order valence-corrected chi connectivity index (χ2v) is 59.1. The number of carbonyl (C=O) groups is 4. The van der Waals surface area contributed by atoms with E-state index in [4.69, 9.17) is 18.9 Å². The van der Waals surface area contributed by atoms with Crippen molar-refractivity contribution >= 4 is 447 Å². The van der Waals surface area contributed by atoms with Gasteiger partial charge in [0.2, 0.25) is 0 Å². The van der Waals surface area contributed by atoms with Gasteiger partial charge in [-0.2, -0.15) is 0 Å². The van der Waals surface area contributed by atoms with E-state index in [0.717, 1.165) is 37.3 Å². The minimum absolute atomic E-state index is 0.254. The molecule has 0 saturated carbocycles. The van der Waals surface area contributed by atoms with E-state index in [-0.39, 0.29) is 19.6 Å². The Balaban J connectivity index is 0.873. The summed E-state index contributed by atoms with van der Waals surface area (Å²) < 4.78 is 53.6. The summed E-state index contributed by atoms with van der Waals surface area (Å²) >= 11 is 64.9. The summed E-state index contributed by atoms with van der Waals surface area (Å²) in [4.78, 5) is 52.3. The Labute approximate surface area is 702 Å². The van der Waals surface area contributed by atoms with Gasteiger partial charge in [-0.1, -0.05) is 235 Å². The van der Waals surface area contributed by atoms with Crippen molar-refractivity contribution in [3.8, 4) is 0 Å². The molecule has 0 fully saturated rings. The first-order chi connectivity index (χ1) is 45.6. The van der Waals surface area contributed by atoms with Crippen LogP contribution in [0, 0.1) is 0 Å². The second-order valence-electron chi connectivity index (χ2n) is 16.1. The molecule has 508 valence electrons. The Kier molecular flexibility index (Phi) is 36.7. The van der Waals surface area contributed by atoms with Crippen molar-refractivity contribution in [2.75, 3.05) is 98.8 Å². The predicted molar refractivity (Wildman–Crippen MR) is 494 cm³/mol. The van der Waals surface area contributed by atoms with Gasteiger partial charge in [-0.15, -0.1) is 188 Å². The number of hydrogen-bond acceptors (Lipinski definition) is 44. The molecule has 0 aliphatic carbocycles. The summed E-state index contributed by atoms with van der Waals surface area (Å²) in [5.41, 5.74) is 0. The van der Waals surface area contributed by atoms with Crippen LogP contribution in [0.3, 0.4) is 0 Å². The Morgan fingerprint density at radius 1 is 0.213 bits per heavy atom. The molecule has 0 saturated heterocycles. The molecule has 8 nitrogen and oxygen atoms in total. The lowest BCUT2D eigenvalue weighted by Gasteiger charge is -2.07. The highest BCUT2D eigenvalue weighted by Crippen LogP contribution is 2.72. The van der Waals surface area contributed by atoms with Crippen LogP contribution in [0.5, 0.6) is 0 Å². The SMILES string of the molecule is COC(=O)C1=C(C(=O)OC)SC(=C2SC(SC)=C(SCSC3=C(SCSC4=C(SC)SC(=C5SC(C(=O)OC)=C(C(=O)OC)S5)S4)SC(=C4SC(SCSC5=C(SC)SC(=C6SC(SC)=C(SC)S6)S5)=C(SCSC5=C(SC)SC(=C6SC(SC)=C(SC)S6)S5)S4)S3)S2)S1. The van der Waals surface area contributed by atoms with Crippen molar-refractivity contribution in [1.82, 2.24) is 0 Å². The number of thioether (sulfide) groups is 36. The molecule has 0 spiro atoms. The van der Waals surface area contributed by atoms with E-state index in [1.54, 1.807) is 70.6 Å². The number of esters is 4. The summed E-state index contributed by atoms with van der Waals surface area (Å²) in [6, 6.07) is 0. The average Bonchev–Trinajstić information content (AvgIpc) is 1.70. The fourth-order valence-electron chi connectivity index (χ4n) is 6.77. The maximum atomic E-state index is 12.8. The van der Waals surface area contributed by atoms with Gasteiger partial charge in [0.1, 0.15) is 19.6 Å². The van der Waals surface area contributed by atoms with E-state index in [1.165, 1.54) is 169 Å². The lowest BCUT2D eigenvalue weighted by atomic mass is 10.5. The van der Waals surface area contributed by atoms with Gasteiger partial charge in [-0.3, -0.25) is 0 Å². The highest BCUT2D eigenvalue weighted by molar-refractivity contribution is 8.51. The topological polar surface area (TPSA) is 105 Å². The van der Waals surface area contributed by atoms with Crippen molar-refractivity contribution in [3.05, 3.63) is 130 Å². The molecule has 0 aromatic heterocycles. The largest absolute Gasteiger partial charge is 0.465 e. The summed E-state index contributed by atoms with van der Waals surface area (Å²) in [6.07, 6.45) is 17.3. The van der Waals surface area contributed by atoms with E-state index in [9.17, 15) is 19.2 Å². The molecule has 10 rings (SSSR count). The fraction of sp³-hybridized carbons (Fsp3) is 0.320. The summed E-state index contributed by atoms with van der Waals surface area (Å²) in [5.74, 6) is -2.20. The predicted octanol–water partition coefficient (Wildman–Crippen LogP) is 28.1. The molecular formula is C50H44O8S36. The van der Waals surface area contributed by atoms with Crippen molar-refractivity contribution in [2.24, 2.45) is 0 Å². The van der Waals surface area contributed by atoms with Gasteiger partial charge in [0.05, 0.1) is 139 Å². The van der Waals surface area contributed by atoms with Crippen LogP contribution in [-0.2, 0) is 38.1 Å². The molecular weight excluding hydrogens is 1880 g/mol. The molecule has 0 amide bonds. The van der Waals surface area contributed by atoms with Crippen molar-refractivity contribution in [3.63, 3.8) is 0 Å². The molecule has 10 aliphatic rings. The molecule has 0 aromatic rings. The normalized spacial score (nSPS) is 20.7. The lowest BCUT2D eigenvalue weighted by Crippen LogP contribution is -2.08. The molecule has 0 aromatic carbocycles. The number of hydrogen-bond donors (Lipinski definition) is 0. The standard InChI is InChI=1S/C50H44O8S36/c1-55-21(51)17-18(22(52)56-2)76-41(75-17)43-83-29(63-9)33(87-43)67-13-71-37-38(72-14-68-34-30(64-10)84-44(88-34)42-77-19(23(53)57-3)20(78-42)24(54)58-4)92-49(91-37)50-93-39(73-15-69-35-31(65-11)85-47(89-35)45-79-25(59-5)26(60-6)80-45)40(94-50)74-16-70-36-32(66-12)86-48(90-36)46-81-27(61-7)28(62-8)82-46/h13-16H2,1-12H3. The zero-order valence-corrected chi connectivity index (χ0v) is 79.2. The average molecular weight is 1930 g/mol. The quantitative estimate of drug-likeness (QED) is 0.0421. The third kappa shape index (κ3) is 21.2. The Bertz CT molecular complexity index is 3330.